The normalized spacial score (nSPS) is 18.8. The lowest BCUT2D eigenvalue weighted by Gasteiger charge is -2.12. The van der Waals surface area contributed by atoms with Gasteiger partial charge in [0.15, 0.2) is 0 Å². The van der Waals surface area contributed by atoms with Crippen LogP contribution in [-0.2, 0) is 6.42 Å². The van der Waals surface area contributed by atoms with Crippen LogP contribution in [0.4, 0.5) is 0 Å². The van der Waals surface area contributed by atoms with Gasteiger partial charge in [0, 0.05) is 6.04 Å². The molecule has 1 aliphatic heterocycles. The Bertz CT molecular complexity index is 354. The van der Waals surface area contributed by atoms with Crippen molar-refractivity contribution in [2.24, 2.45) is 0 Å². The fourth-order valence-electron chi connectivity index (χ4n) is 1.89. The molecule has 3 nitrogen and oxygen atoms in total. The van der Waals surface area contributed by atoms with E-state index in [-0.39, 0.29) is 12.4 Å². The zero-order valence-electron chi connectivity index (χ0n) is 9.91. The quantitative estimate of drug-likeness (QED) is 0.859. The van der Waals surface area contributed by atoms with Gasteiger partial charge >= 0.3 is 0 Å². The first-order chi connectivity index (χ1) is 7.79. The van der Waals surface area contributed by atoms with Gasteiger partial charge in [-0.2, -0.15) is 0 Å². The maximum Gasteiger partial charge on any atom is 0.138 e. The number of pyridine rings is 1. The van der Waals surface area contributed by atoms with Gasteiger partial charge in [0.05, 0.1) is 6.20 Å². The fraction of sp³-hybridized carbons (Fsp3) is 0.583. The first kappa shape index (κ1) is 14.6. The van der Waals surface area contributed by atoms with Crippen LogP contribution in [0.5, 0.6) is 5.75 Å². The summed E-state index contributed by atoms with van der Waals surface area (Å²) >= 11 is 5.94. The molecule has 2 rings (SSSR count). The predicted molar refractivity (Wildman–Crippen MR) is 72.4 cm³/mol. The summed E-state index contributed by atoms with van der Waals surface area (Å²) in [6, 6.07) is 2.46. The fourth-order valence-corrected chi connectivity index (χ4v) is 2.13. The lowest BCUT2D eigenvalue weighted by Crippen LogP contribution is -2.28. The van der Waals surface area contributed by atoms with E-state index < -0.39 is 0 Å². The molecule has 1 aromatic rings. The summed E-state index contributed by atoms with van der Waals surface area (Å²) in [7, 11) is 0. The largest absolute Gasteiger partial charge is 0.490 e. The maximum atomic E-state index is 5.94. The molecule has 1 saturated heterocycles. The Kier molecular flexibility index (Phi) is 6.03. The molecule has 0 aliphatic carbocycles. The van der Waals surface area contributed by atoms with Crippen molar-refractivity contribution in [2.75, 3.05) is 13.2 Å². The van der Waals surface area contributed by atoms with Gasteiger partial charge in [-0.05, 0) is 37.4 Å². The summed E-state index contributed by atoms with van der Waals surface area (Å²) < 4.78 is 5.70. The number of rotatable bonds is 4. The number of hydrogen-bond donors (Lipinski definition) is 1. The predicted octanol–water partition coefficient (Wildman–Crippen LogP) is 2.85. The molecule has 1 aliphatic rings. The highest BCUT2D eigenvalue weighted by Gasteiger charge is 2.14. The molecule has 0 spiro atoms. The van der Waals surface area contributed by atoms with E-state index in [9.17, 15) is 0 Å². The zero-order chi connectivity index (χ0) is 11.4. The third kappa shape index (κ3) is 4.02. The molecule has 1 N–H and O–H groups in total. The molecule has 0 amide bonds. The molecule has 1 atom stereocenters. The second kappa shape index (κ2) is 7.04. The van der Waals surface area contributed by atoms with E-state index in [0.717, 1.165) is 24.3 Å². The van der Waals surface area contributed by atoms with Gasteiger partial charge in [-0.25, -0.2) is 4.98 Å². The minimum absolute atomic E-state index is 0. The van der Waals surface area contributed by atoms with Crippen molar-refractivity contribution in [3.05, 3.63) is 23.0 Å². The topological polar surface area (TPSA) is 34.1 Å². The van der Waals surface area contributed by atoms with Crippen molar-refractivity contribution in [3.8, 4) is 5.75 Å². The van der Waals surface area contributed by atoms with Crippen molar-refractivity contribution in [3.63, 3.8) is 0 Å². The Morgan fingerprint density at radius 2 is 2.41 bits per heavy atom. The summed E-state index contributed by atoms with van der Waals surface area (Å²) in [5.41, 5.74) is 1.04. The van der Waals surface area contributed by atoms with Gasteiger partial charge in [0.2, 0.25) is 0 Å². The second-order valence-corrected chi connectivity index (χ2v) is 4.44. The standard InChI is InChI=1S/C12H17ClN2O.ClH/c1-2-9-6-11(7-15-12(9)13)16-8-10-4-3-5-14-10;/h6-7,10,14H,2-5,8H2,1H3;1H/t10-;/m0./s1. The molecule has 0 unspecified atom stereocenters. The highest BCUT2D eigenvalue weighted by molar-refractivity contribution is 6.30. The summed E-state index contributed by atoms with van der Waals surface area (Å²) in [6.45, 7) is 3.88. The molecular weight excluding hydrogens is 259 g/mol. The summed E-state index contributed by atoms with van der Waals surface area (Å²) in [6.07, 6.45) is 5.01. The van der Waals surface area contributed by atoms with E-state index in [0.29, 0.717) is 17.8 Å². The SMILES string of the molecule is CCc1cc(OC[C@@H]2CCCN2)cnc1Cl.Cl. The molecule has 17 heavy (non-hydrogen) atoms. The van der Waals surface area contributed by atoms with Crippen LogP contribution in [0, 0.1) is 0 Å². The number of hydrogen-bond acceptors (Lipinski definition) is 3. The Balaban J connectivity index is 0.00000144. The van der Waals surface area contributed by atoms with Crippen molar-refractivity contribution in [1.29, 1.82) is 0 Å². The van der Waals surface area contributed by atoms with Crippen molar-refractivity contribution in [1.82, 2.24) is 10.3 Å². The van der Waals surface area contributed by atoms with E-state index >= 15 is 0 Å². The van der Waals surface area contributed by atoms with Crippen LogP contribution in [0.1, 0.15) is 25.3 Å². The van der Waals surface area contributed by atoms with Crippen molar-refractivity contribution in [2.45, 2.75) is 32.2 Å². The molecule has 2 heterocycles. The number of aromatic nitrogens is 1. The molecule has 0 radical (unpaired) electrons. The van der Waals surface area contributed by atoms with E-state index in [2.05, 4.69) is 17.2 Å². The third-order valence-electron chi connectivity index (χ3n) is 2.88. The summed E-state index contributed by atoms with van der Waals surface area (Å²) in [5.74, 6) is 0.815. The smallest absolute Gasteiger partial charge is 0.138 e. The van der Waals surface area contributed by atoms with E-state index in [1.165, 1.54) is 12.8 Å². The van der Waals surface area contributed by atoms with Gasteiger partial charge in [-0.1, -0.05) is 18.5 Å². The molecule has 1 aromatic heterocycles. The average molecular weight is 277 g/mol. The first-order valence-electron chi connectivity index (χ1n) is 5.80. The van der Waals surface area contributed by atoms with Crippen LogP contribution in [0.15, 0.2) is 12.3 Å². The summed E-state index contributed by atoms with van der Waals surface area (Å²) in [4.78, 5) is 4.12. The number of nitrogens with zero attached hydrogens (tertiary/aromatic N) is 1. The van der Waals surface area contributed by atoms with Gasteiger partial charge in [-0.3, -0.25) is 0 Å². The molecule has 0 bridgehead atoms. The van der Waals surface area contributed by atoms with Gasteiger partial charge in [-0.15, -0.1) is 12.4 Å². The van der Waals surface area contributed by atoms with E-state index in [4.69, 9.17) is 16.3 Å². The molecule has 0 aromatic carbocycles. The Morgan fingerprint density at radius 3 is 3.06 bits per heavy atom. The molecule has 96 valence electrons. The Hall–Kier alpha value is -0.510. The zero-order valence-corrected chi connectivity index (χ0v) is 11.5. The molecule has 1 fully saturated rings. The monoisotopic (exact) mass is 276 g/mol. The van der Waals surface area contributed by atoms with Crippen LogP contribution in [0.2, 0.25) is 5.15 Å². The van der Waals surface area contributed by atoms with Crippen LogP contribution >= 0.6 is 24.0 Å². The number of aryl methyl sites for hydroxylation is 1. The van der Waals surface area contributed by atoms with Crippen molar-refractivity contribution < 1.29 is 4.74 Å². The Morgan fingerprint density at radius 1 is 1.59 bits per heavy atom. The Labute approximate surface area is 113 Å². The summed E-state index contributed by atoms with van der Waals surface area (Å²) in [5, 5.41) is 3.97. The number of nitrogens with one attached hydrogen (secondary N) is 1. The first-order valence-corrected chi connectivity index (χ1v) is 6.18. The van der Waals surface area contributed by atoms with Crippen LogP contribution in [-0.4, -0.2) is 24.2 Å². The molecule has 5 heteroatoms. The second-order valence-electron chi connectivity index (χ2n) is 4.08. The molecular formula is C12H18Cl2N2O. The third-order valence-corrected chi connectivity index (χ3v) is 3.22. The average Bonchev–Trinajstić information content (AvgIpc) is 2.81. The minimum atomic E-state index is 0. The number of ether oxygens (including phenoxy) is 1. The maximum absolute atomic E-state index is 5.94. The van der Waals surface area contributed by atoms with Crippen LogP contribution < -0.4 is 10.1 Å². The van der Waals surface area contributed by atoms with E-state index in [1.54, 1.807) is 6.20 Å². The van der Waals surface area contributed by atoms with Crippen LogP contribution in [0.3, 0.4) is 0 Å². The van der Waals surface area contributed by atoms with Crippen LogP contribution in [0.25, 0.3) is 0 Å². The minimum Gasteiger partial charge on any atom is -0.490 e. The van der Waals surface area contributed by atoms with Gasteiger partial charge in [0.25, 0.3) is 0 Å². The number of halogens is 2. The lowest BCUT2D eigenvalue weighted by atomic mass is 10.2. The van der Waals surface area contributed by atoms with Crippen molar-refractivity contribution >= 4 is 24.0 Å². The van der Waals surface area contributed by atoms with Gasteiger partial charge < -0.3 is 10.1 Å². The highest BCUT2D eigenvalue weighted by atomic mass is 35.5. The highest BCUT2D eigenvalue weighted by Crippen LogP contribution is 2.20. The van der Waals surface area contributed by atoms with Gasteiger partial charge in [0.1, 0.15) is 17.5 Å². The van der Waals surface area contributed by atoms with E-state index in [1.807, 2.05) is 6.07 Å². The lowest BCUT2D eigenvalue weighted by molar-refractivity contribution is 0.276. The molecule has 0 saturated carbocycles.